The Kier molecular flexibility index (Phi) is 8.84. The molecule has 0 heterocycles. The maximum Gasteiger partial charge on any atom is 0.312 e. The first-order valence-corrected chi connectivity index (χ1v) is 8.49. The molecule has 0 bridgehead atoms. The molecule has 0 saturated heterocycles. The molecule has 0 saturated carbocycles. The van der Waals surface area contributed by atoms with E-state index < -0.39 is 0 Å². The van der Waals surface area contributed by atoms with Gasteiger partial charge in [0.2, 0.25) is 0 Å². The minimum absolute atomic E-state index is 0.218. The van der Waals surface area contributed by atoms with Gasteiger partial charge in [-0.05, 0) is 30.4 Å². The van der Waals surface area contributed by atoms with Crippen molar-refractivity contribution < 1.29 is 19.1 Å². The van der Waals surface area contributed by atoms with Crippen LogP contribution in [0.5, 0.6) is 0 Å². The largest absolute Gasteiger partial charge is 0.469 e. The Morgan fingerprint density at radius 1 is 1.04 bits per heavy atom. The van der Waals surface area contributed by atoms with Crippen LogP contribution in [0.3, 0.4) is 0 Å². The van der Waals surface area contributed by atoms with Gasteiger partial charge in [-0.15, -0.1) is 0 Å². The molecule has 24 heavy (non-hydrogen) atoms. The topological polar surface area (TPSA) is 52.6 Å². The number of hydrogen-bond donors (Lipinski definition) is 0. The van der Waals surface area contributed by atoms with Crippen LogP contribution in [-0.2, 0) is 19.1 Å². The lowest BCUT2D eigenvalue weighted by Crippen LogP contribution is -2.18. The van der Waals surface area contributed by atoms with E-state index in [1.54, 1.807) is 0 Å². The SMILES string of the molecule is CCCC(/C=C(/CC(CC)C(=O)OC)c1ccccc1)C(=O)OC. The van der Waals surface area contributed by atoms with Crippen LogP contribution < -0.4 is 0 Å². The average molecular weight is 332 g/mol. The molecular formula is C20H28O4. The first-order valence-electron chi connectivity index (χ1n) is 8.49. The van der Waals surface area contributed by atoms with Crippen molar-refractivity contribution in [1.82, 2.24) is 0 Å². The molecule has 0 aromatic heterocycles. The maximum atomic E-state index is 12.1. The van der Waals surface area contributed by atoms with E-state index in [1.165, 1.54) is 14.2 Å². The second-order valence-electron chi connectivity index (χ2n) is 5.81. The summed E-state index contributed by atoms with van der Waals surface area (Å²) in [4.78, 5) is 24.0. The van der Waals surface area contributed by atoms with E-state index in [4.69, 9.17) is 9.47 Å². The fourth-order valence-electron chi connectivity index (χ4n) is 2.74. The number of rotatable bonds is 9. The van der Waals surface area contributed by atoms with Crippen LogP contribution in [0.4, 0.5) is 0 Å². The zero-order valence-corrected chi connectivity index (χ0v) is 15.1. The van der Waals surface area contributed by atoms with Crippen molar-refractivity contribution in [3.05, 3.63) is 42.0 Å². The third-order valence-electron chi connectivity index (χ3n) is 4.14. The van der Waals surface area contributed by atoms with Gasteiger partial charge >= 0.3 is 11.9 Å². The van der Waals surface area contributed by atoms with Gasteiger partial charge in [-0.1, -0.05) is 56.7 Å². The van der Waals surface area contributed by atoms with E-state index in [1.807, 2.05) is 50.3 Å². The molecule has 0 aliphatic heterocycles. The lowest BCUT2D eigenvalue weighted by atomic mass is 9.89. The van der Waals surface area contributed by atoms with Gasteiger partial charge in [0.25, 0.3) is 0 Å². The highest BCUT2D eigenvalue weighted by molar-refractivity contribution is 5.80. The number of ether oxygens (including phenoxy) is 2. The van der Waals surface area contributed by atoms with Crippen LogP contribution in [-0.4, -0.2) is 26.2 Å². The standard InChI is InChI=1S/C20H28O4/c1-5-10-17(20(22)24-4)14-18(16-11-8-7-9-12-16)13-15(6-2)19(21)23-3/h7-9,11-12,14-15,17H,5-6,10,13H2,1-4H3/b18-14-. The van der Waals surface area contributed by atoms with Gasteiger partial charge < -0.3 is 9.47 Å². The summed E-state index contributed by atoms with van der Waals surface area (Å²) in [7, 11) is 2.82. The highest BCUT2D eigenvalue weighted by atomic mass is 16.5. The number of carbonyl (C=O) groups is 2. The van der Waals surface area contributed by atoms with Gasteiger partial charge in [-0.25, -0.2) is 0 Å². The molecule has 1 aromatic carbocycles. The van der Waals surface area contributed by atoms with Crippen molar-refractivity contribution in [2.24, 2.45) is 11.8 Å². The fraction of sp³-hybridized carbons (Fsp3) is 0.500. The molecule has 0 amide bonds. The maximum absolute atomic E-state index is 12.1. The number of esters is 2. The minimum atomic E-state index is -0.301. The lowest BCUT2D eigenvalue weighted by Gasteiger charge is -2.18. The molecule has 0 radical (unpaired) electrons. The monoisotopic (exact) mass is 332 g/mol. The molecule has 4 heteroatoms. The van der Waals surface area contributed by atoms with Gasteiger partial charge in [-0.2, -0.15) is 0 Å². The second-order valence-corrected chi connectivity index (χ2v) is 5.81. The predicted octanol–water partition coefficient (Wildman–Crippen LogP) is 4.25. The average Bonchev–Trinajstić information content (AvgIpc) is 2.63. The zero-order chi connectivity index (χ0) is 17.9. The summed E-state index contributed by atoms with van der Waals surface area (Å²) in [6.45, 7) is 4.00. The van der Waals surface area contributed by atoms with E-state index in [0.29, 0.717) is 12.8 Å². The van der Waals surface area contributed by atoms with Crippen LogP contribution in [0, 0.1) is 11.8 Å². The first kappa shape index (κ1) is 19.9. The Hall–Kier alpha value is -2.10. The van der Waals surface area contributed by atoms with Crippen LogP contribution in [0.2, 0.25) is 0 Å². The first-order chi connectivity index (χ1) is 11.6. The third kappa shape index (κ3) is 5.84. The Labute approximate surface area is 144 Å². The summed E-state index contributed by atoms with van der Waals surface area (Å²) in [5.74, 6) is -0.979. The number of hydrogen-bond acceptors (Lipinski definition) is 4. The Morgan fingerprint density at radius 2 is 1.67 bits per heavy atom. The predicted molar refractivity (Wildman–Crippen MR) is 95.2 cm³/mol. The summed E-state index contributed by atoms with van der Waals surface area (Å²) in [5.41, 5.74) is 2.00. The van der Waals surface area contributed by atoms with Crippen LogP contribution in [0.1, 0.15) is 45.1 Å². The Balaban J connectivity index is 3.19. The number of methoxy groups -OCH3 is 2. The molecule has 4 nitrogen and oxygen atoms in total. The third-order valence-corrected chi connectivity index (χ3v) is 4.14. The van der Waals surface area contributed by atoms with Gasteiger partial charge in [0.05, 0.1) is 26.1 Å². The molecular weight excluding hydrogens is 304 g/mol. The van der Waals surface area contributed by atoms with E-state index in [-0.39, 0.29) is 23.8 Å². The molecule has 2 atom stereocenters. The second kappa shape index (κ2) is 10.6. The van der Waals surface area contributed by atoms with E-state index >= 15 is 0 Å². The van der Waals surface area contributed by atoms with Crippen molar-refractivity contribution in [1.29, 1.82) is 0 Å². The summed E-state index contributed by atoms with van der Waals surface area (Å²) >= 11 is 0. The number of carbonyl (C=O) groups excluding carboxylic acids is 2. The zero-order valence-electron chi connectivity index (χ0n) is 15.1. The normalized spacial score (nSPS) is 13.9. The van der Waals surface area contributed by atoms with Gasteiger partial charge in [0.15, 0.2) is 0 Å². The fourth-order valence-corrected chi connectivity index (χ4v) is 2.74. The highest BCUT2D eigenvalue weighted by Gasteiger charge is 2.22. The molecule has 1 aromatic rings. The van der Waals surface area contributed by atoms with Gasteiger partial charge in [0.1, 0.15) is 0 Å². The summed E-state index contributed by atoms with van der Waals surface area (Å²) in [6.07, 6.45) is 4.79. The molecule has 0 aliphatic carbocycles. The van der Waals surface area contributed by atoms with E-state index in [0.717, 1.165) is 24.0 Å². The molecule has 1 rings (SSSR count). The highest BCUT2D eigenvalue weighted by Crippen LogP contribution is 2.28. The van der Waals surface area contributed by atoms with Crippen LogP contribution >= 0.6 is 0 Å². The molecule has 0 fully saturated rings. The minimum Gasteiger partial charge on any atom is -0.469 e. The molecule has 2 unspecified atom stereocenters. The van der Waals surface area contributed by atoms with Crippen molar-refractivity contribution >= 4 is 17.5 Å². The number of allylic oxidation sites excluding steroid dienone is 1. The van der Waals surface area contributed by atoms with Gasteiger partial charge in [-0.3, -0.25) is 9.59 Å². The summed E-state index contributed by atoms with van der Waals surface area (Å²) in [5, 5.41) is 0. The van der Waals surface area contributed by atoms with Gasteiger partial charge in [0, 0.05) is 0 Å². The Bertz CT molecular complexity index is 548. The van der Waals surface area contributed by atoms with E-state index in [2.05, 4.69) is 0 Å². The quantitative estimate of drug-likeness (QED) is 0.634. The van der Waals surface area contributed by atoms with Crippen molar-refractivity contribution in [3.63, 3.8) is 0 Å². The number of benzene rings is 1. The van der Waals surface area contributed by atoms with E-state index in [9.17, 15) is 9.59 Å². The van der Waals surface area contributed by atoms with Crippen LogP contribution in [0.25, 0.3) is 5.57 Å². The summed E-state index contributed by atoms with van der Waals surface area (Å²) in [6, 6.07) is 9.85. The van der Waals surface area contributed by atoms with Crippen LogP contribution in [0.15, 0.2) is 36.4 Å². The molecule has 0 spiro atoms. The Morgan fingerprint density at radius 3 is 2.17 bits per heavy atom. The van der Waals surface area contributed by atoms with Crippen molar-refractivity contribution in [2.45, 2.75) is 39.5 Å². The molecule has 132 valence electrons. The van der Waals surface area contributed by atoms with Crippen molar-refractivity contribution in [2.75, 3.05) is 14.2 Å². The molecule has 0 N–H and O–H groups in total. The van der Waals surface area contributed by atoms with Crippen molar-refractivity contribution in [3.8, 4) is 0 Å². The molecule has 0 aliphatic rings. The summed E-state index contributed by atoms with van der Waals surface area (Å²) < 4.78 is 9.83. The lowest BCUT2D eigenvalue weighted by molar-refractivity contribution is -0.145. The smallest absolute Gasteiger partial charge is 0.312 e.